The first kappa shape index (κ1) is 21.0. The molecule has 2 aromatic carbocycles. The van der Waals surface area contributed by atoms with Crippen LogP contribution in [0.1, 0.15) is 28.5 Å². The molecule has 0 saturated carbocycles. The maximum absolute atomic E-state index is 13.2. The Labute approximate surface area is 193 Å². The van der Waals surface area contributed by atoms with Crippen LogP contribution in [-0.4, -0.2) is 28.9 Å². The first-order valence-corrected chi connectivity index (χ1v) is 11.1. The number of hydrogen-bond acceptors (Lipinski definition) is 7. The maximum Gasteiger partial charge on any atom is 0.302 e. The van der Waals surface area contributed by atoms with Gasteiger partial charge in [-0.1, -0.05) is 29.5 Å². The second kappa shape index (κ2) is 7.90. The van der Waals surface area contributed by atoms with E-state index in [0.717, 1.165) is 21.3 Å². The van der Waals surface area contributed by atoms with Crippen molar-refractivity contribution in [2.24, 2.45) is 0 Å². The molecule has 0 radical (unpaired) electrons. The number of ketones is 1. The molecule has 1 atom stereocenters. The van der Waals surface area contributed by atoms with Crippen molar-refractivity contribution in [1.29, 1.82) is 0 Å². The number of furan rings is 1. The number of aliphatic hydroxyl groups is 1. The van der Waals surface area contributed by atoms with Crippen LogP contribution in [0, 0.1) is 13.8 Å². The molecule has 3 heterocycles. The van der Waals surface area contributed by atoms with E-state index in [0.29, 0.717) is 22.2 Å². The lowest BCUT2D eigenvalue weighted by Gasteiger charge is -2.20. The number of amides is 1. The average Bonchev–Trinajstić information content (AvgIpc) is 3.52. The fourth-order valence-corrected chi connectivity index (χ4v) is 5.30. The van der Waals surface area contributed by atoms with Gasteiger partial charge in [0.25, 0.3) is 5.78 Å². The van der Waals surface area contributed by atoms with E-state index in [4.69, 9.17) is 9.15 Å². The van der Waals surface area contributed by atoms with E-state index < -0.39 is 17.7 Å². The zero-order chi connectivity index (χ0) is 23.3. The number of Topliss-reactive ketones (excluding diaryl/α,β-unsaturated/α-hetero) is 1. The topological polar surface area (TPSA) is 92.9 Å². The summed E-state index contributed by atoms with van der Waals surface area (Å²) in [5.74, 6) is -1.01. The second-order valence-electron chi connectivity index (χ2n) is 7.84. The van der Waals surface area contributed by atoms with E-state index in [9.17, 15) is 14.7 Å². The minimum atomic E-state index is -0.951. The highest BCUT2D eigenvalue weighted by Gasteiger charge is 2.49. The van der Waals surface area contributed by atoms with Crippen LogP contribution in [0.5, 0.6) is 5.75 Å². The maximum atomic E-state index is 13.2. The van der Waals surface area contributed by atoms with Gasteiger partial charge in [-0.25, -0.2) is 4.98 Å². The number of rotatable bonds is 4. The van der Waals surface area contributed by atoms with Gasteiger partial charge in [-0.2, -0.15) is 0 Å². The van der Waals surface area contributed by atoms with Crippen LogP contribution >= 0.6 is 11.3 Å². The normalized spacial score (nSPS) is 17.8. The average molecular weight is 461 g/mol. The summed E-state index contributed by atoms with van der Waals surface area (Å²) < 4.78 is 11.8. The molecule has 0 spiro atoms. The molecule has 1 saturated heterocycles. The third-order valence-corrected chi connectivity index (χ3v) is 6.63. The van der Waals surface area contributed by atoms with Gasteiger partial charge in [-0.05, 0) is 55.3 Å². The smallest absolute Gasteiger partial charge is 0.302 e. The van der Waals surface area contributed by atoms with Gasteiger partial charge in [-0.15, -0.1) is 0 Å². The molecule has 1 fully saturated rings. The Kier molecular flexibility index (Phi) is 5.02. The molecule has 0 bridgehead atoms. The highest BCUT2D eigenvalue weighted by Crippen LogP contribution is 2.45. The SMILES string of the molecule is COc1cccc(C(O)=C2C(=O)C(=O)N(c3nc4c(C)cc(C)cc4s3)C2c2ccco2)c1. The van der Waals surface area contributed by atoms with Gasteiger partial charge in [-0.3, -0.25) is 14.5 Å². The summed E-state index contributed by atoms with van der Waals surface area (Å²) in [6.07, 6.45) is 1.47. The molecule has 5 rings (SSSR count). The molecular formula is C25H20N2O5S. The Morgan fingerprint density at radius 3 is 2.70 bits per heavy atom. The number of methoxy groups -OCH3 is 1. The predicted octanol–water partition coefficient (Wildman–Crippen LogP) is 5.14. The molecule has 2 aromatic heterocycles. The quantitative estimate of drug-likeness (QED) is 0.257. The number of nitrogens with zero attached hydrogens (tertiary/aromatic N) is 2. The first-order valence-electron chi connectivity index (χ1n) is 10.3. The van der Waals surface area contributed by atoms with Crippen LogP contribution in [0.25, 0.3) is 16.0 Å². The van der Waals surface area contributed by atoms with Crippen molar-refractivity contribution in [3.63, 3.8) is 0 Å². The third-order valence-electron chi connectivity index (χ3n) is 5.62. The summed E-state index contributed by atoms with van der Waals surface area (Å²) in [6.45, 7) is 3.95. The molecular weight excluding hydrogens is 440 g/mol. The number of hydrogen-bond donors (Lipinski definition) is 1. The molecule has 166 valence electrons. The lowest BCUT2D eigenvalue weighted by molar-refractivity contribution is -0.132. The van der Waals surface area contributed by atoms with Crippen molar-refractivity contribution in [1.82, 2.24) is 4.98 Å². The van der Waals surface area contributed by atoms with E-state index in [1.165, 1.54) is 29.6 Å². The van der Waals surface area contributed by atoms with Crippen molar-refractivity contribution < 1.29 is 23.8 Å². The molecule has 0 aliphatic carbocycles. The Morgan fingerprint density at radius 1 is 1.15 bits per heavy atom. The first-order chi connectivity index (χ1) is 15.9. The van der Waals surface area contributed by atoms with Crippen LogP contribution in [0.3, 0.4) is 0 Å². The van der Waals surface area contributed by atoms with E-state index in [1.54, 1.807) is 36.4 Å². The van der Waals surface area contributed by atoms with Gasteiger partial charge >= 0.3 is 5.91 Å². The van der Waals surface area contributed by atoms with Gasteiger partial charge in [0.15, 0.2) is 5.13 Å². The lowest BCUT2D eigenvalue weighted by atomic mass is 9.99. The number of benzene rings is 2. The summed E-state index contributed by atoms with van der Waals surface area (Å²) >= 11 is 1.32. The molecule has 4 aromatic rings. The van der Waals surface area contributed by atoms with Gasteiger partial charge in [0, 0.05) is 5.56 Å². The summed E-state index contributed by atoms with van der Waals surface area (Å²) in [7, 11) is 1.51. The van der Waals surface area contributed by atoms with Crippen LogP contribution in [0.2, 0.25) is 0 Å². The molecule has 8 heteroatoms. The largest absolute Gasteiger partial charge is 0.507 e. The summed E-state index contributed by atoms with van der Waals surface area (Å²) in [4.78, 5) is 32.4. The Bertz CT molecular complexity index is 1430. The monoisotopic (exact) mass is 460 g/mol. The van der Waals surface area contributed by atoms with Crippen molar-refractivity contribution in [3.05, 3.63) is 82.8 Å². The van der Waals surface area contributed by atoms with Gasteiger partial charge < -0.3 is 14.3 Å². The van der Waals surface area contributed by atoms with Crippen LogP contribution < -0.4 is 9.64 Å². The molecule has 33 heavy (non-hydrogen) atoms. The van der Waals surface area contributed by atoms with Crippen molar-refractivity contribution in [2.75, 3.05) is 12.0 Å². The number of aliphatic hydroxyl groups excluding tert-OH is 1. The zero-order valence-corrected chi connectivity index (χ0v) is 19.0. The highest BCUT2D eigenvalue weighted by molar-refractivity contribution is 7.22. The molecule has 7 nitrogen and oxygen atoms in total. The lowest BCUT2D eigenvalue weighted by Crippen LogP contribution is -2.29. The van der Waals surface area contributed by atoms with Crippen molar-refractivity contribution >= 4 is 44.1 Å². The number of anilines is 1. The number of thiazole rings is 1. The molecule has 1 aliphatic rings. The van der Waals surface area contributed by atoms with Gasteiger partial charge in [0.1, 0.15) is 23.3 Å². The summed E-state index contributed by atoms with van der Waals surface area (Å²) in [5.41, 5.74) is 3.14. The van der Waals surface area contributed by atoms with E-state index in [1.807, 2.05) is 26.0 Å². The molecule has 1 aliphatic heterocycles. The van der Waals surface area contributed by atoms with Gasteiger partial charge in [0.2, 0.25) is 0 Å². The van der Waals surface area contributed by atoms with Crippen LogP contribution in [0.15, 0.2) is 64.8 Å². The van der Waals surface area contributed by atoms with Crippen molar-refractivity contribution in [3.8, 4) is 5.75 Å². The van der Waals surface area contributed by atoms with E-state index >= 15 is 0 Å². The molecule has 1 amide bonds. The number of fused-ring (bicyclic) bond motifs is 1. The molecule has 1 unspecified atom stereocenters. The standard InChI is InChI=1S/C25H20N2O5S/c1-13-10-14(2)20-18(11-13)33-25(26-20)27-21(17-8-5-9-32-17)19(23(29)24(27)30)22(28)15-6-4-7-16(12-15)31-3/h4-12,21,28H,1-3H3. The fourth-order valence-electron chi connectivity index (χ4n) is 4.13. The fraction of sp³-hybridized carbons (Fsp3) is 0.160. The van der Waals surface area contributed by atoms with E-state index in [2.05, 4.69) is 4.98 Å². The summed E-state index contributed by atoms with van der Waals surface area (Å²) in [5, 5.41) is 11.5. The number of carbonyl (C=O) groups is 2. The number of ether oxygens (including phenoxy) is 1. The predicted molar refractivity (Wildman–Crippen MR) is 126 cm³/mol. The Hall–Kier alpha value is -3.91. The highest BCUT2D eigenvalue weighted by atomic mass is 32.1. The van der Waals surface area contributed by atoms with Crippen LogP contribution in [0.4, 0.5) is 5.13 Å². The summed E-state index contributed by atoms with van der Waals surface area (Å²) in [6, 6.07) is 13.1. The zero-order valence-electron chi connectivity index (χ0n) is 18.2. The Balaban J connectivity index is 1.72. The van der Waals surface area contributed by atoms with Crippen LogP contribution in [-0.2, 0) is 9.59 Å². The molecule has 1 N–H and O–H groups in total. The number of aryl methyl sites for hydroxylation is 2. The van der Waals surface area contributed by atoms with Crippen molar-refractivity contribution in [2.45, 2.75) is 19.9 Å². The number of aromatic nitrogens is 1. The minimum Gasteiger partial charge on any atom is -0.507 e. The number of carbonyl (C=O) groups excluding carboxylic acids is 2. The third kappa shape index (κ3) is 3.39. The van der Waals surface area contributed by atoms with E-state index in [-0.39, 0.29) is 11.3 Å². The minimum absolute atomic E-state index is 0.0599. The Morgan fingerprint density at radius 2 is 1.97 bits per heavy atom. The van der Waals surface area contributed by atoms with Gasteiger partial charge in [0.05, 0.1) is 29.2 Å². The second-order valence-corrected chi connectivity index (χ2v) is 8.85.